The third-order valence-electron chi connectivity index (χ3n) is 11.1. The molecule has 4 aromatic carbocycles. The summed E-state index contributed by atoms with van der Waals surface area (Å²) in [5, 5.41) is 6.93. The van der Waals surface area contributed by atoms with Crippen molar-refractivity contribution in [2.24, 2.45) is 0 Å². The zero-order chi connectivity index (χ0) is 32.2. The first kappa shape index (κ1) is 30.1. The first-order valence-corrected chi connectivity index (χ1v) is 18.7. The molecule has 1 unspecified atom stereocenters. The topological polar surface area (TPSA) is 3.88 Å². The van der Waals surface area contributed by atoms with Gasteiger partial charge in [-0.2, -0.15) is 4.57 Å². The molecule has 0 amide bonds. The van der Waals surface area contributed by atoms with E-state index in [4.69, 9.17) is 0 Å². The molecule has 0 saturated heterocycles. The van der Waals surface area contributed by atoms with E-state index in [-0.39, 0.29) is 11.0 Å². The van der Waals surface area contributed by atoms with Crippen molar-refractivity contribution < 1.29 is 4.57 Å². The van der Waals surface area contributed by atoms with Crippen molar-refractivity contribution in [2.45, 2.75) is 57.9 Å². The normalized spacial score (nSPS) is 16.6. The van der Waals surface area contributed by atoms with Crippen LogP contribution in [-0.2, 0) is 11.0 Å². The molecule has 8 rings (SSSR count). The molecule has 0 radical (unpaired) electrons. The van der Waals surface area contributed by atoms with Crippen LogP contribution in [0.1, 0.15) is 52.5 Å². The van der Waals surface area contributed by atoms with Gasteiger partial charge in [0, 0.05) is 34.0 Å². The van der Waals surface area contributed by atoms with Gasteiger partial charge >= 0.3 is 0 Å². The minimum Gasteiger partial charge on any atom is -0.191 e. The zero-order valence-corrected chi connectivity index (χ0v) is 29.2. The maximum atomic E-state index is 2.66. The lowest BCUT2D eigenvalue weighted by Crippen LogP contribution is -2.68. The lowest BCUT2D eigenvalue weighted by atomic mass is 9.58. The number of rotatable bonds is 7. The van der Waals surface area contributed by atoms with E-state index in [9.17, 15) is 0 Å². The van der Waals surface area contributed by atoms with Gasteiger partial charge in [-0.15, -0.1) is 22.7 Å². The number of benzene rings is 4. The second-order valence-corrected chi connectivity index (χ2v) is 15.1. The molecule has 3 aromatic heterocycles. The number of pyridine rings is 1. The van der Waals surface area contributed by atoms with E-state index in [1.165, 1.54) is 70.7 Å². The Morgan fingerprint density at radius 3 is 1.74 bits per heavy atom. The molecule has 232 valence electrons. The SMILES string of the molecule is CCC1(C)c2ccc(-c3cccc(-c4cc(-c5cccs5)cc(-c5cccs5)c4)c3)cc2-c2cc3ccccc3c[n+]2C1(CC)CC. The van der Waals surface area contributed by atoms with Crippen molar-refractivity contribution in [3.63, 3.8) is 0 Å². The summed E-state index contributed by atoms with van der Waals surface area (Å²) in [5.74, 6) is 0. The Bertz CT molecular complexity index is 2170. The average Bonchev–Trinajstić information content (AvgIpc) is 3.87. The zero-order valence-electron chi connectivity index (χ0n) is 27.6. The van der Waals surface area contributed by atoms with Crippen LogP contribution in [0.2, 0.25) is 0 Å². The summed E-state index contributed by atoms with van der Waals surface area (Å²) in [6.07, 6.45) is 5.70. The first-order valence-electron chi connectivity index (χ1n) is 16.9. The molecule has 1 aliphatic rings. The highest BCUT2D eigenvalue weighted by atomic mass is 32.1. The molecular formula is C44H40NS2+. The summed E-state index contributed by atoms with van der Waals surface area (Å²) in [6, 6.07) is 43.5. The summed E-state index contributed by atoms with van der Waals surface area (Å²) in [7, 11) is 0. The largest absolute Gasteiger partial charge is 0.213 e. The van der Waals surface area contributed by atoms with E-state index in [2.05, 4.69) is 164 Å². The minimum absolute atomic E-state index is 0.00337. The van der Waals surface area contributed by atoms with E-state index in [1.54, 1.807) is 22.7 Å². The van der Waals surface area contributed by atoms with Crippen LogP contribution in [0.25, 0.3) is 65.2 Å². The summed E-state index contributed by atoms with van der Waals surface area (Å²) in [6.45, 7) is 9.65. The molecule has 1 aliphatic heterocycles. The van der Waals surface area contributed by atoms with Crippen LogP contribution in [0.3, 0.4) is 0 Å². The maximum absolute atomic E-state index is 2.66. The van der Waals surface area contributed by atoms with Crippen LogP contribution in [-0.4, -0.2) is 0 Å². The third-order valence-corrected chi connectivity index (χ3v) is 13.0. The highest BCUT2D eigenvalue weighted by Gasteiger charge is 2.58. The van der Waals surface area contributed by atoms with Crippen molar-refractivity contribution >= 4 is 33.4 Å². The molecule has 0 bridgehead atoms. The Kier molecular flexibility index (Phi) is 7.50. The Morgan fingerprint density at radius 1 is 0.532 bits per heavy atom. The molecule has 0 N–H and O–H groups in total. The molecule has 0 aliphatic carbocycles. The highest BCUT2D eigenvalue weighted by molar-refractivity contribution is 7.14. The fraction of sp³-hybridized carbons (Fsp3) is 0.205. The van der Waals surface area contributed by atoms with Crippen LogP contribution in [0.4, 0.5) is 0 Å². The van der Waals surface area contributed by atoms with Gasteiger partial charge in [0.2, 0.25) is 5.69 Å². The summed E-state index contributed by atoms with van der Waals surface area (Å²) in [4.78, 5) is 2.60. The predicted molar refractivity (Wildman–Crippen MR) is 203 cm³/mol. The van der Waals surface area contributed by atoms with Crippen molar-refractivity contribution in [1.82, 2.24) is 0 Å². The van der Waals surface area contributed by atoms with Gasteiger partial charge in [0.05, 0.1) is 11.0 Å². The van der Waals surface area contributed by atoms with E-state index in [0.29, 0.717) is 0 Å². The Hall–Kier alpha value is -4.31. The van der Waals surface area contributed by atoms with Crippen LogP contribution in [0, 0.1) is 0 Å². The third kappa shape index (κ3) is 4.74. The van der Waals surface area contributed by atoms with E-state index in [0.717, 1.165) is 19.3 Å². The Balaban J connectivity index is 1.29. The van der Waals surface area contributed by atoms with Crippen LogP contribution in [0.5, 0.6) is 0 Å². The van der Waals surface area contributed by atoms with Crippen molar-refractivity contribution in [2.75, 3.05) is 0 Å². The van der Waals surface area contributed by atoms with Gasteiger partial charge in [0.15, 0.2) is 11.7 Å². The van der Waals surface area contributed by atoms with Gasteiger partial charge in [-0.05, 0) is 117 Å². The molecule has 1 atom stereocenters. The van der Waals surface area contributed by atoms with Crippen LogP contribution < -0.4 is 4.57 Å². The average molecular weight is 647 g/mol. The van der Waals surface area contributed by atoms with E-state index in [1.807, 2.05) is 0 Å². The number of fused-ring (bicyclic) bond motifs is 4. The number of hydrogen-bond donors (Lipinski definition) is 0. The van der Waals surface area contributed by atoms with Gasteiger partial charge < -0.3 is 0 Å². The molecule has 0 fully saturated rings. The molecule has 3 heteroatoms. The molecule has 0 saturated carbocycles. The smallest absolute Gasteiger partial charge is 0.191 e. The highest BCUT2D eigenvalue weighted by Crippen LogP contribution is 2.52. The lowest BCUT2D eigenvalue weighted by Gasteiger charge is -2.48. The minimum atomic E-state index is 0.00337. The molecular weight excluding hydrogens is 607 g/mol. The summed E-state index contributed by atoms with van der Waals surface area (Å²) >= 11 is 3.60. The van der Waals surface area contributed by atoms with E-state index >= 15 is 0 Å². The number of hydrogen-bond acceptors (Lipinski definition) is 2. The standard InChI is InChI=1S/C44H40NS2/c1-5-43(4)39-20-19-33(27-38(39)40-28-32-13-8-9-14-34(32)29-45(40)44(43,6-2)7-3)30-15-10-16-31(23-30)35-24-36(41-17-11-21-46-41)26-37(25-35)42-18-12-22-47-42/h8-29H,5-7H2,1-4H3/q+1. The van der Waals surface area contributed by atoms with Gasteiger partial charge in [0.25, 0.3) is 0 Å². The first-order chi connectivity index (χ1) is 23.0. The Morgan fingerprint density at radius 2 is 1.13 bits per heavy atom. The van der Waals surface area contributed by atoms with E-state index < -0.39 is 0 Å². The van der Waals surface area contributed by atoms with Crippen molar-refractivity contribution in [3.05, 3.63) is 138 Å². The molecule has 4 heterocycles. The fourth-order valence-corrected chi connectivity index (χ4v) is 9.84. The van der Waals surface area contributed by atoms with Crippen molar-refractivity contribution in [3.8, 4) is 54.4 Å². The Labute approximate surface area is 286 Å². The molecule has 47 heavy (non-hydrogen) atoms. The van der Waals surface area contributed by atoms with Gasteiger partial charge in [0.1, 0.15) is 0 Å². The molecule has 0 spiro atoms. The summed E-state index contributed by atoms with van der Waals surface area (Å²) < 4.78 is 2.66. The quantitative estimate of drug-likeness (QED) is 0.152. The van der Waals surface area contributed by atoms with Gasteiger partial charge in [-0.25, -0.2) is 0 Å². The van der Waals surface area contributed by atoms with Crippen molar-refractivity contribution in [1.29, 1.82) is 0 Å². The maximum Gasteiger partial charge on any atom is 0.213 e. The van der Waals surface area contributed by atoms with Crippen LogP contribution >= 0.6 is 22.7 Å². The second kappa shape index (κ2) is 11.7. The fourth-order valence-electron chi connectivity index (χ4n) is 8.41. The summed E-state index contributed by atoms with van der Waals surface area (Å²) in [5.41, 5.74) is 11.7. The predicted octanol–water partition coefficient (Wildman–Crippen LogP) is 12.8. The van der Waals surface area contributed by atoms with Gasteiger partial charge in [-0.3, -0.25) is 0 Å². The molecule has 7 aromatic rings. The second-order valence-electron chi connectivity index (χ2n) is 13.2. The number of thiophene rings is 2. The van der Waals surface area contributed by atoms with Crippen LogP contribution in [0.15, 0.2) is 132 Å². The molecule has 1 nitrogen and oxygen atoms in total. The lowest BCUT2D eigenvalue weighted by molar-refractivity contribution is -0.768. The monoisotopic (exact) mass is 646 g/mol. The number of aromatic nitrogens is 1. The van der Waals surface area contributed by atoms with Gasteiger partial charge in [-0.1, -0.05) is 81.4 Å². The number of nitrogens with zero attached hydrogens (tertiary/aromatic N) is 1.